The van der Waals surface area contributed by atoms with Crippen LogP contribution in [0.25, 0.3) is 0 Å². The summed E-state index contributed by atoms with van der Waals surface area (Å²) in [6.07, 6.45) is 2.60. The van der Waals surface area contributed by atoms with Crippen molar-refractivity contribution in [3.05, 3.63) is 52.3 Å². The summed E-state index contributed by atoms with van der Waals surface area (Å²) >= 11 is 6.32. The van der Waals surface area contributed by atoms with Crippen molar-refractivity contribution < 1.29 is 24.2 Å². The highest BCUT2D eigenvalue weighted by Crippen LogP contribution is 2.28. The number of carboxylic acid groups (broad SMARTS) is 1. The van der Waals surface area contributed by atoms with Crippen LogP contribution in [0.15, 0.2) is 24.3 Å². The molecule has 33 heavy (non-hydrogen) atoms. The van der Waals surface area contributed by atoms with Crippen LogP contribution in [-0.4, -0.2) is 43.8 Å². The topological polar surface area (TPSA) is 104 Å². The zero-order valence-corrected chi connectivity index (χ0v) is 19.3. The number of amides is 1. The van der Waals surface area contributed by atoms with Crippen LogP contribution in [0.5, 0.6) is 0 Å². The molecule has 0 radical (unpaired) electrons. The zero-order chi connectivity index (χ0) is 24.2. The number of nitrogens with zero attached hydrogens (tertiary/aromatic N) is 2. The minimum absolute atomic E-state index is 0.0198. The lowest BCUT2D eigenvalue weighted by Gasteiger charge is -2.26. The van der Waals surface area contributed by atoms with Gasteiger partial charge in [0.15, 0.2) is 0 Å². The van der Waals surface area contributed by atoms with Crippen molar-refractivity contribution in [2.45, 2.75) is 51.7 Å². The monoisotopic (exact) mass is 475 g/mol. The summed E-state index contributed by atoms with van der Waals surface area (Å²) in [5.41, 5.74) is -0.460. The Balaban J connectivity index is 1.83. The predicted molar refractivity (Wildman–Crippen MR) is 121 cm³/mol. The van der Waals surface area contributed by atoms with Gasteiger partial charge in [-0.3, -0.25) is 9.59 Å². The molecule has 0 spiro atoms. The Morgan fingerprint density at radius 3 is 2.61 bits per heavy atom. The summed E-state index contributed by atoms with van der Waals surface area (Å²) in [4.78, 5) is 28.5. The second kappa shape index (κ2) is 10.4. The Kier molecular flexibility index (Phi) is 7.77. The molecule has 3 N–H and O–H groups in total. The van der Waals surface area contributed by atoms with Gasteiger partial charge >= 0.3 is 5.97 Å². The number of aromatic nitrogens is 2. The van der Waals surface area contributed by atoms with Gasteiger partial charge in [0.2, 0.25) is 5.28 Å². The standard InChI is InChI=1S/C24H27ClFN3O4/c1-24(2,33)11-10-19-20(21(30)27-13-15-6-8-17(9-7-15)22(31)32)29(23(25)28-19)14-16-4-3-5-18(26)12-16/h3-5,12,15,17,33H,6-9,13-14H2,1-2H3,(H,27,30)(H,31,32). The molecule has 3 rings (SSSR count). The number of benzene rings is 1. The van der Waals surface area contributed by atoms with Gasteiger partial charge in [0.1, 0.15) is 22.8 Å². The number of imidazole rings is 1. The van der Waals surface area contributed by atoms with Crippen molar-refractivity contribution in [2.24, 2.45) is 11.8 Å². The van der Waals surface area contributed by atoms with Gasteiger partial charge in [0, 0.05) is 6.54 Å². The number of halogens is 2. The fraction of sp³-hybridized carbons (Fsp3) is 0.458. The SMILES string of the molecule is CC(C)(O)C#Cc1nc(Cl)n(Cc2cccc(F)c2)c1C(=O)NCC1CCC(C(=O)O)CC1. The number of carbonyl (C=O) groups is 2. The van der Waals surface area contributed by atoms with E-state index in [1.807, 2.05) is 0 Å². The molecule has 0 bridgehead atoms. The van der Waals surface area contributed by atoms with E-state index in [1.165, 1.54) is 30.5 Å². The Labute approximate surface area is 197 Å². The zero-order valence-electron chi connectivity index (χ0n) is 18.6. The Hall–Kier alpha value is -2.89. The Bertz CT molecular complexity index is 1090. The predicted octanol–water partition coefficient (Wildman–Crippen LogP) is 3.47. The second-order valence-corrected chi connectivity index (χ2v) is 9.21. The third kappa shape index (κ3) is 6.80. The molecule has 7 nitrogen and oxygen atoms in total. The molecule has 0 atom stereocenters. The molecule has 1 fully saturated rings. The van der Waals surface area contributed by atoms with Crippen molar-refractivity contribution in [2.75, 3.05) is 6.54 Å². The lowest BCUT2D eigenvalue weighted by molar-refractivity contribution is -0.143. The Morgan fingerprint density at radius 1 is 1.30 bits per heavy atom. The Morgan fingerprint density at radius 2 is 2.00 bits per heavy atom. The van der Waals surface area contributed by atoms with E-state index < -0.39 is 23.3 Å². The third-order valence-electron chi connectivity index (χ3n) is 5.60. The molecule has 176 valence electrons. The quantitative estimate of drug-likeness (QED) is 0.555. The van der Waals surface area contributed by atoms with Crippen LogP contribution in [0.2, 0.25) is 5.28 Å². The van der Waals surface area contributed by atoms with E-state index >= 15 is 0 Å². The van der Waals surface area contributed by atoms with Crippen LogP contribution in [0, 0.1) is 29.5 Å². The van der Waals surface area contributed by atoms with Gasteiger partial charge in [-0.15, -0.1) is 0 Å². The van der Waals surface area contributed by atoms with E-state index in [-0.39, 0.29) is 35.1 Å². The van der Waals surface area contributed by atoms with Gasteiger partial charge in [0.05, 0.1) is 12.5 Å². The molecule has 0 saturated heterocycles. The minimum Gasteiger partial charge on any atom is -0.481 e. The second-order valence-electron chi connectivity index (χ2n) is 8.87. The van der Waals surface area contributed by atoms with E-state index in [0.717, 1.165) is 0 Å². The molecule has 9 heteroatoms. The van der Waals surface area contributed by atoms with E-state index in [1.54, 1.807) is 12.1 Å². The average Bonchev–Trinajstić information content (AvgIpc) is 3.05. The molecule has 0 unspecified atom stereocenters. The fourth-order valence-corrected chi connectivity index (χ4v) is 4.08. The molecule has 0 aliphatic heterocycles. The van der Waals surface area contributed by atoms with Crippen molar-refractivity contribution in [1.29, 1.82) is 0 Å². The first-order valence-electron chi connectivity index (χ1n) is 10.8. The number of aliphatic hydroxyl groups is 1. The normalized spacial score (nSPS) is 18.3. The van der Waals surface area contributed by atoms with Gasteiger partial charge < -0.3 is 20.1 Å². The third-order valence-corrected chi connectivity index (χ3v) is 5.89. The molecule has 1 heterocycles. The van der Waals surface area contributed by atoms with E-state index in [0.29, 0.717) is 37.8 Å². The summed E-state index contributed by atoms with van der Waals surface area (Å²) in [6, 6.07) is 5.95. The fourth-order valence-electron chi connectivity index (χ4n) is 3.85. The molecule has 2 aromatic rings. The highest BCUT2D eigenvalue weighted by atomic mass is 35.5. The van der Waals surface area contributed by atoms with E-state index in [9.17, 15) is 19.1 Å². The lowest BCUT2D eigenvalue weighted by atomic mass is 9.82. The summed E-state index contributed by atoms with van der Waals surface area (Å²) in [5.74, 6) is 3.60. The first kappa shape index (κ1) is 24.7. The number of carboxylic acids is 1. The van der Waals surface area contributed by atoms with Gasteiger partial charge in [-0.1, -0.05) is 18.1 Å². The van der Waals surface area contributed by atoms with Crippen LogP contribution in [0.4, 0.5) is 4.39 Å². The highest BCUT2D eigenvalue weighted by Gasteiger charge is 2.27. The molecule has 1 amide bonds. The van der Waals surface area contributed by atoms with Crippen LogP contribution >= 0.6 is 11.6 Å². The molecular weight excluding hydrogens is 449 g/mol. The minimum atomic E-state index is -1.30. The van der Waals surface area contributed by atoms with Gasteiger partial charge in [-0.25, -0.2) is 9.37 Å². The van der Waals surface area contributed by atoms with Crippen molar-refractivity contribution in [3.8, 4) is 11.8 Å². The average molecular weight is 476 g/mol. The number of hydrogen-bond donors (Lipinski definition) is 3. The summed E-state index contributed by atoms with van der Waals surface area (Å²) in [5, 5.41) is 22.0. The first-order valence-corrected chi connectivity index (χ1v) is 11.2. The van der Waals surface area contributed by atoms with E-state index in [4.69, 9.17) is 16.7 Å². The maximum absolute atomic E-state index is 13.7. The number of hydrogen-bond acceptors (Lipinski definition) is 4. The molecule has 1 saturated carbocycles. The molecule has 1 aromatic carbocycles. The van der Waals surface area contributed by atoms with Gasteiger partial charge in [-0.05, 0) is 80.7 Å². The van der Waals surface area contributed by atoms with Crippen molar-refractivity contribution in [3.63, 3.8) is 0 Å². The number of carbonyl (C=O) groups excluding carboxylic acids is 1. The van der Waals surface area contributed by atoms with Crippen molar-refractivity contribution in [1.82, 2.24) is 14.9 Å². The van der Waals surface area contributed by atoms with Crippen LogP contribution < -0.4 is 5.32 Å². The number of nitrogens with one attached hydrogen (secondary N) is 1. The van der Waals surface area contributed by atoms with Crippen LogP contribution in [-0.2, 0) is 11.3 Å². The van der Waals surface area contributed by atoms with Gasteiger partial charge in [-0.2, -0.15) is 0 Å². The maximum atomic E-state index is 13.7. The summed E-state index contributed by atoms with van der Waals surface area (Å²) in [7, 11) is 0. The van der Waals surface area contributed by atoms with Crippen LogP contribution in [0.1, 0.15) is 61.3 Å². The number of rotatable bonds is 6. The smallest absolute Gasteiger partial charge is 0.306 e. The molecule has 1 aromatic heterocycles. The molecular formula is C24H27ClFN3O4. The first-order chi connectivity index (χ1) is 15.5. The van der Waals surface area contributed by atoms with Crippen LogP contribution in [0.3, 0.4) is 0 Å². The summed E-state index contributed by atoms with van der Waals surface area (Å²) < 4.78 is 15.1. The number of aliphatic carboxylic acids is 1. The molecule has 1 aliphatic rings. The van der Waals surface area contributed by atoms with E-state index in [2.05, 4.69) is 22.1 Å². The van der Waals surface area contributed by atoms with Gasteiger partial charge in [0.25, 0.3) is 5.91 Å². The largest absolute Gasteiger partial charge is 0.481 e. The maximum Gasteiger partial charge on any atom is 0.306 e. The molecule has 1 aliphatic carbocycles. The van der Waals surface area contributed by atoms with Crippen molar-refractivity contribution >= 4 is 23.5 Å². The summed E-state index contributed by atoms with van der Waals surface area (Å²) in [6.45, 7) is 3.52. The highest BCUT2D eigenvalue weighted by molar-refractivity contribution is 6.29. The lowest BCUT2D eigenvalue weighted by Crippen LogP contribution is -2.34.